The lowest BCUT2D eigenvalue weighted by atomic mass is 10.1. The Kier molecular flexibility index (Phi) is 7.81. The van der Waals surface area contributed by atoms with E-state index in [0.29, 0.717) is 17.9 Å². The summed E-state index contributed by atoms with van der Waals surface area (Å²) in [4.78, 5) is 18.1. The minimum absolute atomic E-state index is 0.0723. The molecule has 0 radical (unpaired) electrons. The summed E-state index contributed by atoms with van der Waals surface area (Å²) in [6, 6.07) is 16.6. The maximum absolute atomic E-state index is 13.1. The molecule has 0 unspecified atom stereocenters. The first-order chi connectivity index (χ1) is 16.9. The fraction of sp³-hybridized carbons (Fsp3) is 0.414. The van der Waals surface area contributed by atoms with Gasteiger partial charge in [0.1, 0.15) is 5.56 Å². The third-order valence-electron chi connectivity index (χ3n) is 7.35. The summed E-state index contributed by atoms with van der Waals surface area (Å²) in [7, 11) is 3.62. The number of aromatic nitrogens is 1. The van der Waals surface area contributed by atoms with E-state index in [1.165, 1.54) is 16.8 Å². The lowest BCUT2D eigenvalue weighted by Crippen LogP contribution is -2.47. The molecular weight excluding hydrogens is 436 g/mol. The van der Waals surface area contributed by atoms with E-state index in [9.17, 15) is 4.79 Å². The number of anilines is 1. The number of methoxy groups -OCH3 is 1. The molecule has 1 aliphatic heterocycles. The Bertz CT molecular complexity index is 1160. The minimum atomic E-state index is -0.0723. The van der Waals surface area contributed by atoms with E-state index in [1.807, 2.05) is 48.9 Å². The Morgan fingerprint density at radius 3 is 2.37 bits per heavy atom. The number of carbonyl (C=O) groups excluding carboxylic acids is 1. The molecule has 1 amide bonds. The van der Waals surface area contributed by atoms with Crippen molar-refractivity contribution in [1.82, 2.24) is 14.8 Å². The molecule has 0 saturated carbocycles. The number of nitrogens with one attached hydrogen (secondary N) is 1. The van der Waals surface area contributed by atoms with Crippen molar-refractivity contribution >= 4 is 11.6 Å². The largest absolute Gasteiger partial charge is 0.494 e. The van der Waals surface area contributed by atoms with Gasteiger partial charge in [-0.05, 0) is 50.9 Å². The number of aryl methyl sites for hydroxylation is 1. The van der Waals surface area contributed by atoms with Gasteiger partial charge in [0.2, 0.25) is 0 Å². The molecule has 4 rings (SSSR count). The second-order valence-corrected chi connectivity index (χ2v) is 9.42. The van der Waals surface area contributed by atoms with Crippen LogP contribution in [0.25, 0.3) is 11.3 Å². The molecule has 2 heterocycles. The molecule has 0 bridgehead atoms. The van der Waals surface area contributed by atoms with E-state index in [0.717, 1.165) is 56.1 Å². The van der Waals surface area contributed by atoms with Gasteiger partial charge in [-0.1, -0.05) is 42.5 Å². The number of hydrogen-bond acceptors (Lipinski definition) is 4. The van der Waals surface area contributed by atoms with Gasteiger partial charge in [-0.2, -0.15) is 0 Å². The Hall–Kier alpha value is -3.25. The first-order valence-electron chi connectivity index (χ1n) is 12.5. The van der Waals surface area contributed by atoms with Crippen LogP contribution in [0, 0.1) is 20.8 Å². The van der Waals surface area contributed by atoms with Crippen LogP contribution in [0.4, 0.5) is 5.69 Å². The molecule has 35 heavy (non-hydrogen) atoms. The van der Waals surface area contributed by atoms with Crippen molar-refractivity contribution in [2.24, 2.45) is 7.05 Å². The van der Waals surface area contributed by atoms with E-state index >= 15 is 0 Å². The molecular formula is C29H38N4O2. The molecule has 1 aromatic heterocycles. The van der Waals surface area contributed by atoms with Crippen LogP contribution in [0.3, 0.4) is 0 Å². The summed E-state index contributed by atoms with van der Waals surface area (Å²) in [6.07, 6.45) is 0.926. The van der Waals surface area contributed by atoms with E-state index in [4.69, 9.17) is 4.74 Å². The first-order valence-corrected chi connectivity index (χ1v) is 12.5. The summed E-state index contributed by atoms with van der Waals surface area (Å²) in [5, 5.41) is 3.13. The van der Waals surface area contributed by atoms with E-state index in [2.05, 4.69) is 47.2 Å². The van der Waals surface area contributed by atoms with Crippen LogP contribution in [0.5, 0.6) is 5.75 Å². The van der Waals surface area contributed by atoms with Crippen molar-refractivity contribution in [1.29, 1.82) is 0 Å². The fourth-order valence-corrected chi connectivity index (χ4v) is 5.04. The van der Waals surface area contributed by atoms with Gasteiger partial charge in [0, 0.05) is 56.7 Å². The molecule has 3 aromatic rings. The van der Waals surface area contributed by atoms with Crippen molar-refractivity contribution in [3.63, 3.8) is 0 Å². The van der Waals surface area contributed by atoms with Crippen LogP contribution in [-0.2, 0) is 7.05 Å². The van der Waals surface area contributed by atoms with Crippen molar-refractivity contribution in [3.05, 3.63) is 70.9 Å². The SMILES string of the molecule is COc1c(C(=O)NCCCN2CCN(c3cccc(C)c3C)CC2)c(C)n(C)c1-c1ccccc1. The zero-order valence-corrected chi connectivity index (χ0v) is 21.7. The van der Waals surface area contributed by atoms with E-state index in [1.54, 1.807) is 7.11 Å². The van der Waals surface area contributed by atoms with Gasteiger partial charge in [-0.3, -0.25) is 9.69 Å². The first kappa shape index (κ1) is 24.9. The molecule has 6 nitrogen and oxygen atoms in total. The van der Waals surface area contributed by atoms with Crippen molar-refractivity contribution in [2.75, 3.05) is 51.3 Å². The molecule has 1 aliphatic rings. The summed E-state index contributed by atoms with van der Waals surface area (Å²) in [6.45, 7) is 12.2. The highest BCUT2D eigenvalue weighted by atomic mass is 16.5. The molecule has 6 heteroatoms. The number of nitrogens with zero attached hydrogens (tertiary/aromatic N) is 3. The van der Waals surface area contributed by atoms with Crippen LogP contribution >= 0.6 is 0 Å². The van der Waals surface area contributed by atoms with Gasteiger partial charge in [0.25, 0.3) is 5.91 Å². The number of ether oxygens (including phenoxy) is 1. The van der Waals surface area contributed by atoms with E-state index in [-0.39, 0.29) is 5.91 Å². The van der Waals surface area contributed by atoms with Crippen molar-refractivity contribution < 1.29 is 9.53 Å². The maximum Gasteiger partial charge on any atom is 0.256 e. The molecule has 1 fully saturated rings. The number of carbonyl (C=O) groups is 1. The van der Waals surface area contributed by atoms with Crippen LogP contribution in [0.15, 0.2) is 48.5 Å². The lowest BCUT2D eigenvalue weighted by Gasteiger charge is -2.37. The van der Waals surface area contributed by atoms with Crippen LogP contribution < -0.4 is 15.0 Å². The predicted octanol–water partition coefficient (Wildman–Crippen LogP) is 4.57. The molecule has 0 spiro atoms. The number of rotatable bonds is 8. The number of piperazine rings is 1. The van der Waals surface area contributed by atoms with Gasteiger partial charge in [0.15, 0.2) is 5.75 Å². The Labute approximate surface area is 209 Å². The molecule has 186 valence electrons. The number of benzene rings is 2. The van der Waals surface area contributed by atoms with Crippen LogP contribution in [-0.4, -0.2) is 61.8 Å². The van der Waals surface area contributed by atoms with Gasteiger partial charge in [-0.15, -0.1) is 0 Å². The monoisotopic (exact) mass is 474 g/mol. The van der Waals surface area contributed by atoms with Crippen LogP contribution in [0.1, 0.15) is 33.6 Å². The normalized spacial score (nSPS) is 14.3. The molecule has 0 atom stereocenters. The average molecular weight is 475 g/mol. The summed E-state index contributed by atoms with van der Waals surface area (Å²) in [5.41, 5.74) is 7.58. The zero-order valence-electron chi connectivity index (χ0n) is 21.7. The van der Waals surface area contributed by atoms with Gasteiger partial charge >= 0.3 is 0 Å². The highest BCUT2D eigenvalue weighted by Crippen LogP contribution is 2.37. The molecule has 0 aliphatic carbocycles. The maximum atomic E-state index is 13.1. The average Bonchev–Trinajstić information content (AvgIpc) is 3.14. The quantitative estimate of drug-likeness (QED) is 0.486. The molecule has 1 N–H and O–H groups in total. The van der Waals surface area contributed by atoms with E-state index < -0.39 is 0 Å². The van der Waals surface area contributed by atoms with Gasteiger partial charge in [-0.25, -0.2) is 0 Å². The third-order valence-corrected chi connectivity index (χ3v) is 7.35. The Morgan fingerprint density at radius 2 is 1.69 bits per heavy atom. The summed E-state index contributed by atoms with van der Waals surface area (Å²) >= 11 is 0. The number of hydrogen-bond donors (Lipinski definition) is 1. The lowest BCUT2D eigenvalue weighted by molar-refractivity contribution is 0.0948. The Morgan fingerprint density at radius 1 is 0.971 bits per heavy atom. The van der Waals surface area contributed by atoms with Crippen LogP contribution in [0.2, 0.25) is 0 Å². The molecule has 1 saturated heterocycles. The Balaban J connectivity index is 1.30. The standard InChI is InChI=1S/C29H38N4O2/c1-21-11-9-14-25(22(21)2)33-19-17-32(18-20-33)16-10-15-30-29(34)26-23(3)31(4)27(28(26)35-5)24-12-7-6-8-13-24/h6-9,11-14H,10,15-20H2,1-5H3,(H,30,34). The topological polar surface area (TPSA) is 49.7 Å². The molecule has 2 aromatic carbocycles. The van der Waals surface area contributed by atoms with Gasteiger partial charge in [0.05, 0.1) is 12.8 Å². The number of amides is 1. The second-order valence-electron chi connectivity index (χ2n) is 9.42. The smallest absolute Gasteiger partial charge is 0.256 e. The highest BCUT2D eigenvalue weighted by Gasteiger charge is 2.25. The minimum Gasteiger partial charge on any atom is -0.494 e. The van der Waals surface area contributed by atoms with Crippen molar-refractivity contribution in [2.45, 2.75) is 27.2 Å². The third kappa shape index (κ3) is 5.22. The van der Waals surface area contributed by atoms with Crippen molar-refractivity contribution in [3.8, 4) is 17.0 Å². The summed E-state index contributed by atoms with van der Waals surface area (Å²) < 4.78 is 7.76. The summed E-state index contributed by atoms with van der Waals surface area (Å²) in [5.74, 6) is 0.563. The fourth-order valence-electron chi connectivity index (χ4n) is 5.04. The zero-order chi connectivity index (χ0) is 24.9. The van der Waals surface area contributed by atoms with Gasteiger partial charge < -0.3 is 19.5 Å². The predicted molar refractivity (Wildman–Crippen MR) is 144 cm³/mol. The highest BCUT2D eigenvalue weighted by molar-refractivity contribution is 6.01. The second kappa shape index (κ2) is 11.0.